The third kappa shape index (κ3) is 6.62. The molecule has 0 amide bonds. The Morgan fingerprint density at radius 3 is 2.17 bits per heavy atom. The first-order valence-corrected chi connectivity index (χ1v) is 16.9. The highest BCUT2D eigenvalue weighted by molar-refractivity contribution is 7.91. The van der Waals surface area contributed by atoms with E-state index in [2.05, 4.69) is 0 Å². The van der Waals surface area contributed by atoms with Gasteiger partial charge in [-0.05, 0) is 48.6 Å². The fourth-order valence-corrected chi connectivity index (χ4v) is 8.66. The molecule has 4 rings (SSSR count). The van der Waals surface area contributed by atoms with Gasteiger partial charge in [0, 0.05) is 37.9 Å². The lowest BCUT2D eigenvalue weighted by Crippen LogP contribution is -2.59. The number of sulfonamides is 2. The SMILES string of the molecule is CC(c1ccccc1)N(C[C@H]1CN(S(=O)(=O)c2cccs2)CCN1c1ccc([C@](C)(O)C(F)(F)F)cc1)S(C)(=O)=O. The van der Waals surface area contributed by atoms with E-state index in [0.717, 1.165) is 23.2 Å². The summed E-state index contributed by atoms with van der Waals surface area (Å²) in [5.41, 5.74) is -2.18. The minimum Gasteiger partial charge on any atom is -0.376 e. The van der Waals surface area contributed by atoms with Gasteiger partial charge in [-0.15, -0.1) is 11.3 Å². The fourth-order valence-electron chi connectivity index (χ4n) is 4.91. The standard InChI is InChI=1S/C27H32F3N3O5S3/c1-20(21-8-5-4-6-9-21)33(40(3,35)36)19-24-18-31(41(37,38)25-10-7-17-39-25)15-16-32(24)23-13-11-22(12-14-23)26(2,34)27(28,29)30/h4-14,17,20,24,34H,15-16,18-19H2,1-3H3/t20?,24-,26+/m1/s1. The zero-order valence-corrected chi connectivity index (χ0v) is 25.1. The van der Waals surface area contributed by atoms with Gasteiger partial charge in [0.1, 0.15) is 4.21 Å². The average molecular weight is 632 g/mol. The van der Waals surface area contributed by atoms with Crippen molar-refractivity contribution in [3.63, 3.8) is 0 Å². The first-order valence-electron chi connectivity index (χ1n) is 12.7. The molecule has 0 aliphatic carbocycles. The zero-order valence-electron chi connectivity index (χ0n) is 22.7. The van der Waals surface area contributed by atoms with Gasteiger partial charge in [-0.2, -0.15) is 21.8 Å². The number of nitrogens with zero attached hydrogens (tertiary/aromatic N) is 3. The summed E-state index contributed by atoms with van der Waals surface area (Å²) in [6.07, 6.45) is -3.80. The molecule has 1 N–H and O–H groups in total. The Hall–Kier alpha value is -2.49. The summed E-state index contributed by atoms with van der Waals surface area (Å²) in [5.74, 6) is 0. The molecule has 3 aromatic rings. The number of halogens is 3. The molecule has 8 nitrogen and oxygen atoms in total. The molecule has 224 valence electrons. The number of benzene rings is 2. The van der Waals surface area contributed by atoms with Crippen molar-refractivity contribution in [3.05, 3.63) is 83.2 Å². The van der Waals surface area contributed by atoms with Gasteiger partial charge in [0.05, 0.1) is 12.3 Å². The largest absolute Gasteiger partial charge is 0.421 e. The van der Waals surface area contributed by atoms with Crippen LogP contribution in [0.1, 0.15) is 31.0 Å². The molecule has 1 saturated heterocycles. The van der Waals surface area contributed by atoms with Crippen LogP contribution in [0.4, 0.5) is 18.9 Å². The Bertz CT molecular complexity index is 1530. The molecule has 1 aromatic heterocycles. The van der Waals surface area contributed by atoms with Crippen molar-refractivity contribution in [2.24, 2.45) is 0 Å². The normalized spacial score (nSPS) is 19.7. The average Bonchev–Trinajstić information content (AvgIpc) is 3.47. The Balaban J connectivity index is 1.71. The molecule has 1 aliphatic rings. The molecule has 2 aromatic carbocycles. The minimum absolute atomic E-state index is 0.0459. The van der Waals surface area contributed by atoms with Gasteiger partial charge in [-0.1, -0.05) is 48.5 Å². The van der Waals surface area contributed by atoms with Crippen LogP contribution in [0.25, 0.3) is 0 Å². The topological polar surface area (TPSA) is 98.2 Å². The second-order valence-corrected chi connectivity index (χ2v) is 15.2. The van der Waals surface area contributed by atoms with Crippen molar-refractivity contribution in [1.29, 1.82) is 0 Å². The van der Waals surface area contributed by atoms with E-state index in [1.807, 2.05) is 11.0 Å². The predicted octanol–water partition coefficient (Wildman–Crippen LogP) is 4.42. The molecule has 1 unspecified atom stereocenters. The molecule has 0 spiro atoms. The summed E-state index contributed by atoms with van der Waals surface area (Å²) in [4.78, 5) is 1.81. The van der Waals surface area contributed by atoms with Gasteiger partial charge >= 0.3 is 6.18 Å². The maximum absolute atomic E-state index is 13.4. The van der Waals surface area contributed by atoms with E-state index in [-0.39, 0.29) is 36.0 Å². The number of alkyl halides is 3. The summed E-state index contributed by atoms with van der Waals surface area (Å²) < 4.78 is 95.8. The Kier molecular flexibility index (Phi) is 8.94. The third-order valence-corrected chi connectivity index (χ3v) is 11.9. The van der Waals surface area contributed by atoms with Crippen molar-refractivity contribution >= 4 is 37.1 Å². The molecule has 41 heavy (non-hydrogen) atoms. The van der Waals surface area contributed by atoms with E-state index in [1.54, 1.807) is 42.6 Å². The van der Waals surface area contributed by atoms with Gasteiger partial charge in [-0.25, -0.2) is 16.8 Å². The molecule has 0 saturated carbocycles. The number of aliphatic hydroxyl groups is 1. The van der Waals surface area contributed by atoms with Crippen LogP contribution < -0.4 is 4.90 Å². The Labute approximate surface area is 242 Å². The van der Waals surface area contributed by atoms with Crippen LogP contribution >= 0.6 is 11.3 Å². The van der Waals surface area contributed by atoms with Gasteiger partial charge in [0.25, 0.3) is 10.0 Å². The Morgan fingerprint density at radius 1 is 1.00 bits per heavy atom. The molecule has 3 atom stereocenters. The van der Waals surface area contributed by atoms with Crippen molar-refractivity contribution in [1.82, 2.24) is 8.61 Å². The van der Waals surface area contributed by atoms with Crippen molar-refractivity contribution in [2.75, 3.05) is 37.3 Å². The van der Waals surface area contributed by atoms with Crippen LogP contribution in [0, 0.1) is 0 Å². The van der Waals surface area contributed by atoms with E-state index < -0.39 is 43.9 Å². The first-order chi connectivity index (χ1) is 19.0. The second-order valence-electron chi connectivity index (χ2n) is 10.2. The second kappa shape index (κ2) is 11.7. The number of piperazine rings is 1. The van der Waals surface area contributed by atoms with Crippen LogP contribution in [0.3, 0.4) is 0 Å². The van der Waals surface area contributed by atoms with Gasteiger partial charge < -0.3 is 10.0 Å². The highest BCUT2D eigenvalue weighted by Gasteiger charge is 2.51. The number of hydrogen-bond acceptors (Lipinski definition) is 7. The number of hydrogen-bond donors (Lipinski definition) is 1. The van der Waals surface area contributed by atoms with Crippen molar-refractivity contribution in [2.45, 2.75) is 41.9 Å². The van der Waals surface area contributed by atoms with Crippen LogP contribution in [0.15, 0.2) is 76.3 Å². The number of rotatable bonds is 9. The van der Waals surface area contributed by atoms with E-state index in [4.69, 9.17) is 0 Å². The highest BCUT2D eigenvalue weighted by atomic mass is 32.2. The van der Waals surface area contributed by atoms with Crippen LogP contribution in [-0.2, 0) is 25.6 Å². The molecule has 1 fully saturated rings. The minimum atomic E-state index is -4.89. The predicted molar refractivity (Wildman–Crippen MR) is 153 cm³/mol. The lowest BCUT2D eigenvalue weighted by atomic mass is 9.95. The maximum Gasteiger partial charge on any atom is 0.421 e. The fraction of sp³-hybridized carbons (Fsp3) is 0.407. The quantitative estimate of drug-likeness (QED) is 0.376. The summed E-state index contributed by atoms with van der Waals surface area (Å²) in [6.45, 7) is 2.56. The smallest absolute Gasteiger partial charge is 0.376 e. The van der Waals surface area contributed by atoms with Crippen molar-refractivity contribution in [3.8, 4) is 0 Å². The molecule has 0 radical (unpaired) electrons. The third-order valence-electron chi connectivity index (χ3n) is 7.38. The summed E-state index contributed by atoms with van der Waals surface area (Å²) in [5, 5.41) is 11.7. The molecular weight excluding hydrogens is 600 g/mol. The van der Waals surface area contributed by atoms with Gasteiger partial charge in [0.15, 0.2) is 5.60 Å². The van der Waals surface area contributed by atoms with Crippen LogP contribution in [0.2, 0.25) is 0 Å². The van der Waals surface area contributed by atoms with Crippen LogP contribution in [0.5, 0.6) is 0 Å². The van der Waals surface area contributed by atoms with E-state index in [9.17, 15) is 35.1 Å². The number of thiophene rings is 1. The van der Waals surface area contributed by atoms with E-state index >= 15 is 0 Å². The lowest BCUT2D eigenvalue weighted by molar-refractivity contribution is -0.258. The number of anilines is 1. The molecule has 1 aliphatic heterocycles. The van der Waals surface area contributed by atoms with E-state index in [0.29, 0.717) is 12.6 Å². The molecular formula is C27H32F3N3O5S3. The van der Waals surface area contributed by atoms with Gasteiger partial charge in [0.2, 0.25) is 10.0 Å². The summed E-state index contributed by atoms with van der Waals surface area (Å²) >= 11 is 1.08. The highest BCUT2D eigenvalue weighted by Crippen LogP contribution is 2.39. The maximum atomic E-state index is 13.4. The lowest BCUT2D eigenvalue weighted by Gasteiger charge is -2.44. The monoisotopic (exact) mass is 631 g/mol. The first kappa shape index (κ1) is 31.4. The van der Waals surface area contributed by atoms with E-state index in [1.165, 1.54) is 38.9 Å². The van der Waals surface area contributed by atoms with Crippen molar-refractivity contribution < 1.29 is 35.1 Å². The molecule has 2 heterocycles. The molecule has 0 bridgehead atoms. The summed E-state index contributed by atoms with van der Waals surface area (Å²) in [6, 6.07) is 16.1. The summed E-state index contributed by atoms with van der Waals surface area (Å²) in [7, 11) is -7.62. The van der Waals surface area contributed by atoms with Gasteiger partial charge in [-0.3, -0.25) is 0 Å². The molecule has 14 heteroatoms. The van der Waals surface area contributed by atoms with Crippen LogP contribution in [-0.4, -0.2) is 75.2 Å². The zero-order chi connectivity index (χ0) is 30.2. The Morgan fingerprint density at radius 2 is 1.63 bits per heavy atom.